The second-order valence-electron chi connectivity index (χ2n) is 4.64. The molecule has 6 heteroatoms. The van der Waals surface area contributed by atoms with E-state index in [4.69, 9.17) is 0 Å². The van der Waals surface area contributed by atoms with E-state index in [1.807, 2.05) is 38.1 Å². The maximum atomic E-state index is 12.1. The first kappa shape index (κ1) is 14.6. The molecule has 0 spiro atoms. The second kappa shape index (κ2) is 6.56. The summed E-state index contributed by atoms with van der Waals surface area (Å²) < 4.78 is 0. The van der Waals surface area contributed by atoms with E-state index in [-0.39, 0.29) is 5.91 Å². The highest BCUT2D eigenvalue weighted by Gasteiger charge is 2.12. The third kappa shape index (κ3) is 3.84. The molecule has 2 aromatic rings. The van der Waals surface area contributed by atoms with E-state index in [0.717, 1.165) is 10.7 Å². The van der Waals surface area contributed by atoms with Crippen molar-refractivity contribution in [3.8, 4) is 0 Å². The van der Waals surface area contributed by atoms with Crippen LogP contribution in [0.15, 0.2) is 29.2 Å². The average Bonchev–Trinajstić information content (AvgIpc) is 2.82. The smallest absolute Gasteiger partial charge is 0.233 e. The standard InChI is InChI=1S/C14H18N4OS/c1-10-6-4-5-7-12(10)20-9-14(19)18(3)8-13-15-11(2)16-17-13/h4-7H,8-9H2,1-3H3,(H,15,16,17). The Morgan fingerprint density at radius 3 is 2.75 bits per heavy atom. The molecule has 0 fully saturated rings. The van der Waals surface area contributed by atoms with Gasteiger partial charge in [-0.25, -0.2) is 4.98 Å². The predicted molar refractivity (Wildman–Crippen MR) is 79.5 cm³/mol. The van der Waals surface area contributed by atoms with Crippen LogP contribution in [-0.4, -0.2) is 38.8 Å². The Morgan fingerprint density at radius 2 is 2.10 bits per heavy atom. The van der Waals surface area contributed by atoms with Crippen molar-refractivity contribution < 1.29 is 4.79 Å². The van der Waals surface area contributed by atoms with Crippen LogP contribution < -0.4 is 0 Å². The van der Waals surface area contributed by atoms with Gasteiger partial charge >= 0.3 is 0 Å². The minimum Gasteiger partial charge on any atom is -0.337 e. The summed E-state index contributed by atoms with van der Waals surface area (Å²) in [6.07, 6.45) is 0. The topological polar surface area (TPSA) is 61.9 Å². The van der Waals surface area contributed by atoms with E-state index >= 15 is 0 Å². The van der Waals surface area contributed by atoms with E-state index in [1.54, 1.807) is 23.7 Å². The van der Waals surface area contributed by atoms with E-state index in [0.29, 0.717) is 18.1 Å². The average molecular weight is 290 g/mol. The van der Waals surface area contributed by atoms with Gasteiger partial charge in [-0.05, 0) is 25.5 Å². The summed E-state index contributed by atoms with van der Waals surface area (Å²) in [5.74, 6) is 1.89. The monoisotopic (exact) mass is 290 g/mol. The quantitative estimate of drug-likeness (QED) is 0.857. The minimum absolute atomic E-state index is 0.0701. The van der Waals surface area contributed by atoms with Gasteiger partial charge < -0.3 is 4.90 Å². The summed E-state index contributed by atoms with van der Waals surface area (Å²) in [5, 5.41) is 6.81. The molecule has 1 N–H and O–H groups in total. The van der Waals surface area contributed by atoms with Gasteiger partial charge in [0.15, 0.2) is 5.82 Å². The Labute approximate surface area is 122 Å². The number of hydrogen-bond donors (Lipinski definition) is 1. The molecule has 106 valence electrons. The van der Waals surface area contributed by atoms with Gasteiger partial charge in [0.1, 0.15) is 5.82 Å². The van der Waals surface area contributed by atoms with Crippen LogP contribution in [0.25, 0.3) is 0 Å². The molecule has 20 heavy (non-hydrogen) atoms. The van der Waals surface area contributed by atoms with Crippen molar-refractivity contribution in [2.24, 2.45) is 0 Å². The van der Waals surface area contributed by atoms with Crippen LogP contribution in [0, 0.1) is 13.8 Å². The highest BCUT2D eigenvalue weighted by atomic mass is 32.2. The zero-order valence-corrected chi connectivity index (χ0v) is 12.7. The van der Waals surface area contributed by atoms with E-state index in [9.17, 15) is 4.79 Å². The first-order valence-corrected chi connectivity index (χ1v) is 7.35. The van der Waals surface area contributed by atoms with Crippen LogP contribution in [0.3, 0.4) is 0 Å². The molecule has 2 rings (SSSR count). The summed E-state index contributed by atoms with van der Waals surface area (Å²) in [5.41, 5.74) is 1.19. The van der Waals surface area contributed by atoms with Gasteiger partial charge in [-0.1, -0.05) is 18.2 Å². The lowest BCUT2D eigenvalue weighted by atomic mass is 10.2. The predicted octanol–water partition coefficient (Wildman–Crippen LogP) is 2.17. The van der Waals surface area contributed by atoms with E-state index < -0.39 is 0 Å². The van der Waals surface area contributed by atoms with Crippen LogP contribution in [0.2, 0.25) is 0 Å². The second-order valence-corrected chi connectivity index (χ2v) is 5.66. The van der Waals surface area contributed by atoms with Crippen LogP contribution in [-0.2, 0) is 11.3 Å². The fourth-order valence-electron chi connectivity index (χ4n) is 1.73. The first-order chi connectivity index (χ1) is 9.56. The molecule has 5 nitrogen and oxygen atoms in total. The van der Waals surface area contributed by atoms with Gasteiger partial charge in [-0.3, -0.25) is 9.89 Å². The summed E-state index contributed by atoms with van der Waals surface area (Å²) >= 11 is 1.56. The maximum absolute atomic E-state index is 12.1. The third-order valence-electron chi connectivity index (χ3n) is 2.89. The number of amides is 1. The highest BCUT2D eigenvalue weighted by Crippen LogP contribution is 2.21. The molecule has 0 unspecified atom stereocenters. The minimum atomic E-state index is 0.0701. The number of aryl methyl sites for hydroxylation is 2. The first-order valence-electron chi connectivity index (χ1n) is 6.36. The lowest BCUT2D eigenvalue weighted by Crippen LogP contribution is -2.28. The molecule has 1 amide bonds. The Morgan fingerprint density at radius 1 is 1.35 bits per heavy atom. The lowest BCUT2D eigenvalue weighted by molar-refractivity contribution is -0.127. The fourth-order valence-corrected chi connectivity index (χ4v) is 2.70. The molecule has 1 aromatic carbocycles. The molecular weight excluding hydrogens is 272 g/mol. The largest absolute Gasteiger partial charge is 0.337 e. The van der Waals surface area contributed by atoms with Crippen molar-refractivity contribution >= 4 is 17.7 Å². The van der Waals surface area contributed by atoms with Crippen molar-refractivity contribution in [2.75, 3.05) is 12.8 Å². The third-order valence-corrected chi connectivity index (χ3v) is 4.05. The Bertz CT molecular complexity index is 596. The van der Waals surface area contributed by atoms with Crippen LogP contribution in [0.1, 0.15) is 17.2 Å². The number of carbonyl (C=O) groups excluding carboxylic acids is 1. The highest BCUT2D eigenvalue weighted by molar-refractivity contribution is 8.00. The number of rotatable bonds is 5. The van der Waals surface area contributed by atoms with Crippen molar-refractivity contribution in [2.45, 2.75) is 25.3 Å². The molecular formula is C14H18N4OS. The van der Waals surface area contributed by atoms with Gasteiger partial charge in [-0.2, -0.15) is 5.10 Å². The van der Waals surface area contributed by atoms with Crippen molar-refractivity contribution in [1.82, 2.24) is 20.1 Å². The summed E-state index contributed by atoms with van der Waals surface area (Å²) in [6.45, 7) is 4.32. The SMILES string of the molecule is Cc1nc(CN(C)C(=O)CSc2ccccc2C)n[nH]1. The van der Waals surface area contributed by atoms with Gasteiger partial charge in [0, 0.05) is 11.9 Å². The molecule has 0 bridgehead atoms. The van der Waals surface area contributed by atoms with E-state index in [1.165, 1.54) is 5.56 Å². The number of H-pyrrole nitrogens is 1. The van der Waals surface area contributed by atoms with Crippen LogP contribution in [0.5, 0.6) is 0 Å². The normalized spacial score (nSPS) is 10.6. The zero-order chi connectivity index (χ0) is 14.5. The van der Waals surface area contributed by atoms with Crippen LogP contribution in [0.4, 0.5) is 0 Å². The number of hydrogen-bond acceptors (Lipinski definition) is 4. The van der Waals surface area contributed by atoms with Gasteiger partial charge in [-0.15, -0.1) is 11.8 Å². The Hall–Kier alpha value is -1.82. The molecule has 0 aliphatic rings. The number of aromatic nitrogens is 3. The summed E-state index contributed by atoms with van der Waals surface area (Å²) in [4.78, 5) is 19.1. The molecule has 0 radical (unpaired) electrons. The van der Waals surface area contributed by atoms with Crippen LogP contribution >= 0.6 is 11.8 Å². The Balaban J connectivity index is 1.87. The number of nitrogens with zero attached hydrogens (tertiary/aromatic N) is 3. The zero-order valence-electron chi connectivity index (χ0n) is 11.9. The maximum Gasteiger partial charge on any atom is 0.233 e. The molecule has 0 saturated carbocycles. The number of nitrogens with one attached hydrogen (secondary N) is 1. The fraction of sp³-hybridized carbons (Fsp3) is 0.357. The van der Waals surface area contributed by atoms with Gasteiger partial charge in [0.25, 0.3) is 0 Å². The number of carbonyl (C=O) groups is 1. The molecule has 0 saturated heterocycles. The lowest BCUT2D eigenvalue weighted by Gasteiger charge is -2.15. The van der Waals surface area contributed by atoms with E-state index in [2.05, 4.69) is 15.2 Å². The molecule has 0 aliphatic carbocycles. The number of thioether (sulfide) groups is 1. The molecule has 0 atom stereocenters. The summed E-state index contributed by atoms with van der Waals surface area (Å²) in [6, 6.07) is 8.07. The molecule has 0 aliphatic heterocycles. The van der Waals surface area contributed by atoms with Crippen molar-refractivity contribution in [3.63, 3.8) is 0 Å². The van der Waals surface area contributed by atoms with Gasteiger partial charge in [0.2, 0.25) is 5.91 Å². The number of aromatic amines is 1. The Kier molecular flexibility index (Phi) is 4.79. The summed E-state index contributed by atoms with van der Waals surface area (Å²) in [7, 11) is 1.77. The molecule has 1 aromatic heterocycles. The van der Waals surface area contributed by atoms with Crippen molar-refractivity contribution in [1.29, 1.82) is 0 Å². The molecule has 1 heterocycles. The van der Waals surface area contributed by atoms with Gasteiger partial charge in [0.05, 0.1) is 12.3 Å². The van der Waals surface area contributed by atoms with Crippen molar-refractivity contribution in [3.05, 3.63) is 41.5 Å². The number of benzene rings is 1.